The largest absolute Gasteiger partial charge is 0.333 e. The molecule has 0 aliphatic carbocycles. The third kappa shape index (κ3) is 4.47. The third-order valence-electron chi connectivity index (χ3n) is 7.03. The number of hydrogen-bond acceptors (Lipinski definition) is 5. The van der Waals surface area contributed by atoms with Crippen molar-refractivity contribution in [2.75, 3.05) is 13.1 Å². The SMILES string of the molecule is O=C(c1nn(Cc2ccccn2)c2c1CN(Cc1ccncc1)CC2)N1CCc2ccccc2C1. The summed E-state index contributed by atoms with van der Waals surface area (Å²) in [6, 6.07) is 18.4. The number of rotatable bonds is 5. The molecule has 1 aromatic carbocycles. The molecule has 35 heavy (non-hydrogen) atoms. The van der Waals surface area contributed by atoms with Gasteiger partial charge < -0.3 is 4.90 Å². The molecule has 0 radical (unpaired) electrons. The van der Waals surface area contributed by atoms with Crippen molar-refractivity contribution in [2.24, 2.45) is 0 Å². The predicted octanol–water partition coefficient (Wildman–Crippen LogP) is 3.48. The van der Waals surface area contributed by atoms with E-state index >= 15 is 0 Å². The number of pyridine rings is 2. The molecule has 7 heteroatoms. The van der Waals surface area contributed by atoms with Crippen LogP contribution in [0.2, 0.25) is 0 Å². The first kappa shape index (κ1) is 21.7. The molecule has 0 spiro atoms. The first-order valence-electron chi connectivity index (χ1n) is 12.2. The van der Waals surface area contributed by atoms with Crippen LogP contribution in [0.3, 0.4) is 0 Å². The minimum atomic E-state index is 0.0290. The lowest BCUT2D eigenvalue weighted by molar-refractivity contribution is 0.0725. The molecule has 0 N–H and O–H groups in total. The minimum absolute atomic E-state index is 0.0290. The molecule has 0 saturated carbocycles. The van der Waals surface area contributed by atoms with Crippen molar-refractivity contribution < 1.29 is 4.79 Å². The van der Waals surface area contributed by atoms with Crippen LogP contribution in [0.5, 0.6) is 0 Å². The Kier molecular flexibility index (Phi) is 5.84. The van der Waals surface area contributed by atoms with Crippen molar-refractivity contribution in [1.29, 1.82) is 0 Å². The van der Waals surface area contributed by atoms with E-state index in [1.807, 2.05) is 46.2 Å². The number of nitrogens with zero attached hydrogens (tertiary/aromatic N) is 6. The molecule has 0 unspecified atom stereocenters. The highest BCUT2D eigenvalue weighted by atomic mass is 16.2. The zero-order valence-corrected chi connectivity index (χ0v) is 19.7. The standard InChI is InChI=1S/C28H28N6O/c35-28(33-16-10-22-5-1-2-6-23(22)18-33)27-25-20-32(17-21-8-13-29-14-9-21)15-11-26(25)34(31-27)19-24-7-3-4-12-30-24/h1-9,12-14H,10-11,15-20H2. The van der Waals surface area contributed by atoms with Crippen LogP contribution in [0, 0.1) is 0 Å². The summed E-state index contributed by atoms with van der Waals surface area (Å²) in [5.41, 5.74) is 7.55. The van der Waals surface area contributed by atoms with Gasteiger partial charge in [-0.3, -0.25) is 24.3 Å². The van der Waals surface area contributed by atoms with Gasteiger partial charge in [-0.1, -0.05) is 30.3 Å². The monoisotopic (exact) mass is 464 g/mol. The number of amides is 1. The second-order valence-corrected chi connectivity index (χ2v) is 9.31. The molecule has 0 saturated heterocycles. The Labute approximate surface area is 205 Å². The van der Waals surface area contributed by atoms with Crippen LogP contribution in [0.15, 0.2) is 73.2 Å². The van der Waals surface area contributed by atoms with Crippen LogP contribution in [-0.2, 0) is 39.0 Å². The lowest BCUT2D eigenvalue weighted by atomic mass is 9.99. The van der Waals surface area contributed by atoms with E-state index in [-0.39, 0.29) is 5.91 Å². The number of hydrogen-bond donors (Lipinski definition) is 0. The highest BCUT2D eigenvalue weighted by Gasteiger charge is 2.31. The zero-order chi connectivity index (χ0) is 23.6. The highest BCUT2D eigenvalue weighted by Crippen LogP contribution is 2.27. The van der Waals surface area contributed by atoms with Gasteiger partial charge in [0, 0.05) is 69.0 Å². The molecule has 0 atom stereocenters. The van der Waals surface area contributed by atoms with E-state index in [9.17, 15) is 4.79 Å². The molecule has 1 amide bonds. The van der Waals surface area contributed by atoms with Gasteiger partial charge in [-0.25, -0.2) is 0 Å². The molecular weight excluding hydrogens is 436 g/mol. The van der Waals surface area contributed by atoms with E-state index < -0.39 is 0 Å². The van der Waals surface area contributed by atoms with Crippen molar-refractivity contribution in [3.63, 3.8) is 0 Å². The Morgan fingerprint density at radius 1 is 0.829 bits per heavy atom. The van der Waals surface area contributed by atoms with Gasteiger partial charge >= 0.3 is 0 Å². The van der Waals surface area contributed by atoms with Gasteiger partial charge in [-0.05, 0) is 47.4 Å². The predicted molar refractivity (Wildman–Crippen MR) is 133 cm³/mol. The van der Waals surface area contributed by atoms with Crippen LogP contribution in [0.1, 0.15) is 44.1 Å². The Bertz CT molecular complexity index is 1330. The fourth-order valence-electron chi connectivity index (χ4n) is 5.19. The van der Waals surface area contributed by atoms with Crippen LogP contribution < -0.4 is 0 Å². The van der Waals surface area contributed by atoms with Gasteiger partial charge in [0.05, 0.1) is 12.2 Å². The van der Waals surface area contributed by atoms with Gasteiger partial charge in [0.25, 0.3) is 5.91 Å². The summed E-state index contributed by atoms with van der Waals surface area (Å²) in [5, 5.41) is 4.91. The number of aromatic nitrogens is 4. The normalized spacial score (nSPS) is 15.5. The molecule has 0 bridgehead atoms. The van der Waals surface area contributed by atoms with E-state index in [1.54, 1.807) is 6.20 Å². The summed E-state index contributed by atoms with van der Waals surface area (Å²) in [4.78, 5) is 26.8. The maximum Gasteiger partial charge on any atom is 0.275 e. The third-order valence-corrected chi connectivity index (χ3v) is 7.03. The first-order chi connectivity index (χ1) is 17.2. The number of fused-ring (bicyclic) bond motifs is 2. The van der Waals surface area contributed by atoms with Crippen molar-refractivity contribution in [3.8, 4) is 0 Å². The lowest BCUT2D eigenvalue weighted by Crippen LogP contribution is -2.37. The molecule has 7 nitrogen and oxygen atoms in total. The molecule has 5 heterocycles. The van der Waals surface area contributed by atoms with Gasteiger partial charge in [0.1, 0.15) is 0 Å². The summed E-state index contributed by atoms with van der Waals surface area (Å²) in [6.45, 7) is 4.40. The van der Waals surface area contributed by atoms with Crippen molar-refractivity contribution >= 4 is 5.91 Å². The minimum Gasteiger partial charge on any atom is -0.333 e. The Morgan fingerprint density at radius 2 is 1.66 bits per heavy atom. The Morgan fingerprint density at radius 3 is 2.49 bits per heavy atom. The van der Waals surface area contributed by atoms with E-state index in [0.29, 0.717) is 25.3 Å². The van der Waals surface area contributed by atoms with Crippen LogP contribution >= 0.6 is 0 Å². The molecule has 6 rings (SSSR count). The smallest absolute Gasteiger partial charge is 0.275 e. The quantitative estimate of drug-likeness (QED) is 0.452. The van der Waals surface area contributed by atoms with Gasteiger partial charge in [0.15, 0.2) is 5.69 Å². The van der Waals surface area contributed by atoms with Crippen LogP contribution in [0.25, 0.3) is 0 Å². The molecule has 176 valence electrons. The maximum absolute atomic E-state index is 13.8. The fourth-order valence-corrected chi connectivity index (χ4v) is 5.19. The van der Waals surface area contributed by atoms with E-state index in [4.69, 9.17) is 5.10 Å². The van der Waals surface area contributed by atoms with Gasteiger partial charge in [0.2, 0.25) is 0 Å². The number of carbonyl (C=O) groups is 1. The highest BCUT2D eigenvalue weighted by molar-refractivity contribution is 5.94. The van der Waals surface area contributed by atoms with Crippen molar-refractivity contribution in [3.05, 3.63) is 113 Å². The maximum atomic E-state index is 13.8. The Balaban J connectivity index is 1.31. The lowest BCUT2D eigenvalue weighted by Gasteiger charge is -2.30. The average molecular weight is 465 g/mol. The van der Waals surface area contributed by atoms with Crippen molar-refractivity contribution in [2.45, 2.75) is 39.0 Å². The summed E-state index contributed by atoms with van der Waals surface area (Å²) in [5.74, 6) is 0.0290. The van der Waals surface area contributed by atoms with Crippen LogP contribution in [-0.4, -0.2) is 48.5 Å². The molecule has 2 aliphatic rings. The summed E-state index contributed by atoms with van der Waals surface area (Å²) >= 11 is 0. The second kappa shape index (κ2) is 9.43. The first-order valence-corrected chi connectivity index (χ1v) is 12.2. The topological polar surface area (TPSA) is 67.2 Å². The molecule has 3 aromatic heterocycles. The number of carbonyl (C=O) groups excluding carboxylic acids is 1. The van der Waals surface area contributed by atoms with E-state index in [0.717, 1.165) is 49.4 Å². The van der Waals surface area contributed by atoms with Gasteiger partial charge in [-0.2, -0.15) is 5.10 Å². The summed E-state index contributed by atoms with van der Waals surface area (Å²) < 4.78 is 2.01. The second-order valence-electron chi connectivity index (χ2n) is 9.31. The molecule has 4 aromatic rings. The molecular formula is C28H28N6O. The molecule has 0 fully saturated rings. The number of benzene rings is 1. The Hall–Kier alpha value is -3.84. The zero-order valence-electron chi connectivity index (χ0n) is 19.7. The van der Waals surface area contributed by atoms with E-state index in [1.165, 1.54) is 16.7 Å². The van der Waals surface area contributed by atoms with Crippen LogP contribution in [0.4, 0.5) is 0 Å². The van der Waals surface area contributed by atoms with Crippen molar-refractivity contribution in [1.82, 2.24) is 29.5 Å². The fraction of sp³-hybridized carbons (Fsp3) is 0.286. The summed E-state index contributed by atoms with van der Waals surface area (Å²) in [6.07, 6.45) is 7.21. The summed E-state index contributed by atoms with van der Waals surface area (Å²) in [7, 11) is 0. The van der Waals surface area contributed by atoms with Gasteiger partial charge in [-0.15, -0.1) is 0 Å². The molecule has 2 aliphatic heterocycles. The van der Waals surface area contributed by atoms with E-state index in [2.05, 4.69) is 45.2 Å². The average Bonchev–Trinajstić information content (AvgIpc) is 3.26.